The molecule has 0 saturated carbocycles. The van der Waals surface area contributed by atoms with Gasteiger partial charge in [0.05, 0.1) is 11.6 Å². The van der Waals surface area contributed by atoms with E-state index < -0.39 is 31.2 Å². The van der Waals surface area contributed by atoms with E-state index in [9.17, 15) is 13.2 Å². The maximum Gasteiger partial charge on any atom is 0.175 e. The van der Waals surface area contributed by atoms with Crippen molar-refractivity contribution < 1.29 is 13.2 Å². The first-order valence-corrected chi connectivity index (χ1v) is 10.4. The van der Waals surface area contributed by atoms with Crippen LogP contribution in [-0.4, -0.2) is 46.3 Å². The Labute approximate surface area is 140 Å². The van der Waals surface area contributed by atoms with Gasteiger partial charge in [-0.2, -0.15) is 0 Å². The van der Waals surface area contributed by atoms with E-state index in [2.05, 4.69) is 4.90 Å². The maximum atomic E-state index is 12.7. The van der Waals surface area contributed by atoms with E-state index >= 15 is 0 Å². The summed E-state index contributed by atoms with van der Waals surface area (Å²) in [5.41, 5.74) is 0.392. The molecule has 1 unspecified atom stereocenters. The molecule has 2 bridgehead atoms. The number of rotatable bonds is 2. The number of ketones is 1. The summed E-state index contributed by atoms with van der Waals surface area (Å²) in [5.74, 6) is 0.975. The molecule has 0 radical (unpaired) electrons. The molecule has 3 heterocycles. The first-order chi connectivity index (χ1) is 11.0. The highest BCUT2D eigenvalue weighted by Gasteiger charge is 2.67. The van der Waals surface area contributed by atoms with Crippen LogP contribution < -0.4 is 0 Å². The van der Waals surface area contributed by atoms with Crippen LogP contribution in [0.15, 0.2) is 42.5 Å². The Balaban J connectivity index is 1.80. The van der Waals surface area contributed by atoms with Crippen LogP contribution in [0.5, 0.6) is 0 Å². The zero-order valence-corrected chi connectivity index (χ0v) is 14.6. The normalized spacial score (nSPS) is 42.7. The molecule has 6 heteroatoms. The van der Waals surface area contributed by atoms with Crippen molar-refractivity contribution >= 4 is 27.4 Å². The summed E-state index contributed by atoms with van der Waals surface area (Å²) in [5, 5.41) is 0. The first kappa shape index (κ1) is 15.4. The third-order valence-corrected chi connectivity index (χ3v) is 10.2. The SMILES string of the molecule is C[C@@]12CC3([C@@H](C=CC1=O)N2Cc1ccccc1)[S@](=O)CC[S@@]3=O. The lowest BCUT2D eigenvalue weighted by Gasteiger charge is -2.38. The van der Waals surface area contributed by atoms with Gasteiger partial charge in [0.2, 0.25) is 0 Å². The predicted octanol–water partition coefficient (Wildman–Crippen LogP) is 1.37. The van der Waals surface area contributed by atoms with Crippen LogP contribution in [0, 0.1) is 0 Å². The molecular formula is C17H19NO3S2. The van der Waals surface area contributed by atoms with Crippen molar-refractivity contribution in [1.82, 2.24) is 4.90 Å². The third kappa shape index (κ3) is 2.01. The summed E-state index contributed by atoms with van der Waals surface area (Å²) >= 11 is 0. The molecule has 5 atom stereocenters. The predicted molar refractivity (Wildman–Crippen MR) is 91.7 cm³/mol. The maximum absolute atomic E-state index is 12.7. The molecule has 1 aromatic carbocycles. The molecule has 23 heavy (non-hydrogen) atoms. The Bertz CT molecular complexity index is 729. The van der Waals surface area contributed by atoms with Crippen molar-refractivity contribution in [2.24, 2.45) is 0 Å². The average Bonchev–Trinajstić information content (AvgIpc) is 2.91. The van der Waals surface area contributed by atoms with Gasteiger partial charge in [0.1, 0.15) is 4.08 Å². The summed E-state index contributed by atoms with van der Waals surface area (Å²) in [6, 6.07) is 9.77. The molecule has 2 fully saturated rings. The van der Waals surface area contributed by atoms with Gasteiger partial charge < -0.3 is 0 Å². The molecule has 0 aromatic heterocycles. The van der Waals surface area contributed by atoms with Crippen molar-refractivity contribution in [1.29, 1.82) is 0 Å². The number of benzene rings is 1. The van der Waals surface area contributed by atoms with Crippen LogP contribution in [0.25, 0.3) is 0 Å². The standard InChI is InChI=1S/C17H19NO3S2/c1-16-12-17(22(20)9-10-23(17)21)14(7-8-15(16)19)18(16)11-13-5-3-2-4-6-13/h2-8,14H,9-12H2,1H3/t14-,16-,17?,22-,23+/m1/s1. The lowest BCUT2D eigenvalue weighted by Crippen LogP contribution is -2.53. The van der Waals surface area contributed by atoms with E-state index in [1.165, 1.54) is 0 Å². The van der Waals surface area contributed by atoms with Crippen molar-refractivity contribution in [3.05, 3.63) is 48.0 Å². The Morgan fingerprint density at radius 1 is 1.17 bits per heavy atom. The summed E-state index contributed by atoms with van der Waals surface area (Å²) in [7, 11) is -2.32. The van der Waals surface area contributed by atoms with Gasteiger partial charge in [-0.3, -0.25) is 18.1 Å². The van der Waals surface area contributed by atoms with Crippen LogP contribution in [0.1, 0.15) is 18.9 Å². The van der Waals surface area contributed by atoms with E-state index in [1.807, 2.05) is 43.3 Å². The molecule has 1 aromatic rings. The van der Waals surface area contributed by atoms with Gasteiger partial charge in [-0.05, 0) is 18.6 Å². The second-order valence-electron chi connectivity index (χ2n) is 6.64. The van der Waals surface area contributed by atoms with Crippen LogP contribution in [-0.2, 0) is 32.9 Å². The largest absolute Gasteiger partial charge is 0.293 e. The third-order valence-electron chi connectivity index (χ3n) is 5.39. The summed E-state index contributed by atoms with van der Waals surface area (Å²) in [6.45, 7) is 2.52. The summed E-state index contributed by atoms with van der Waals surface area (Å²) in [4.78, 5) is 14.7. The minimum absolute atomic E-state index is 0.0301. The minimum atomic E-state index is -1.16. The highest BCUT2D eigenvalue weighted by Crippen LogP contribution is 2.52. The molecule has 0 N–H and O–H groups in total. The smallest absolute Gasteiger partial charge is 0.175 e. The fourth-order valence-corrected chi connectivity index (χ4v) is 9.22. The van der Waals surface area contributed by atoms with Crippen LogP contribution in [0.4, 0.5) is 0 Å². The fraction of sp³-hybridized carbons (Fsp3) is 0.471. The lowest BCUT2D eigenvalue weighted by molar-refractivity contribution is -0.125. The van der Waals surface area contributed by atoms with Crippen molar-refractivity contribution in [2.45, 2.75) is 35.5 Å². The van der Waals surface area contributed by atoms with E-state index in [0.29, 0.717) is 24.5 Å². The van der Waals surface area contributed by atoms with Crippen molar-refractivity contribution in [2.75, 3.05) is 11.5 Å². The fourth-order valence-electron chi connectivity index (χ4n) is 4.15. The Morgan fingerprint density at radius 2 is 1.83 bits per heavy atom. The molecule has 2 saturated heterocycles. The second-order valence-corrected chi connectivity index (χ2v) is 10.6. The van der Waals surface area contributed by atoms with Crippen molar-refractivity contribution in [3.8, 4) is 0 Å². The molecule has 3 aliphatic heterocycles. The highest BCUT2D eigenvalue weighted by molar-refractivity contribution is 8.07. The first-order valence-electron chi connectivity index (χ1n) is 7.79. The van der Waals surface area contributed by atoms with Gasteiger partial charge in [0, 0.05) is 46.1 Å². The Hall–Kier alpha value is -1.11. The van der Waals surface area contributed by atoms with Crippen LogP contribution in [0.2, 0.25) is 0 Å². The van der Waals surface area contributed by atoms with E-state index in [1.54, 1.807) is 6.08 Å². The number of carbonyl (C=O) groups excluding carboxylic acids is 1. The molecule has 4 rings (SSSR count). The number of nitrogens with zero attached hydrogens (tertiary/aromatic N) is 1. The molecular weight excluding hydrogens is 330 g/mol. The number of carbonyl (C=O) groups is 1. The second kappa shape index (κ2) is 5.19. The van der Waals surface area contributed by atoms with Gasteiger partial charge in [-0.25, -0.2) is 0 Å². The van der Waals surface area contributed by atoms with Crippen LogP contribution in [0.3, 0.4) is 0 Å². The monoisotopic (exact) mass is 349 g/mol. The molecule has 122 valence electrons. The lowest BCUT2D eigenvalue weighted by atomic mass is 9.91. The van der Waals surface area contributed by atoms with E-state index in [0.717, 1.165) is 5.56 Å². The average molecular weight is 349 g/mol. The van der Waals surface area contributed by atoms with Gasteiger partial charge >= 0.3 is 0 Å². The molecule has 0 aliphatic carbocycles. The van der Waals surface area contributed by atoms with Gasteiger partial charge in [-0.15, -0.1) is 0 Å². The van der Waals surface area contributed by atoms with Gasteiger partial charge in [0.15, 0.2) is 5.78 Å². The topological polar surface area (TPSA) is 54.5 Å². The quantitative estimate of drug-likeness (QED) is 0.809. The van der Waals surface area contributed by atoms with Gasteiger partial charge in [-0.1, -0.05) is 36.4 Å². The minimum Gasteiger partial charge on any atom is -0.293 e. The van der Waals surface area contributed by atoms with E-state index in [4.69, 9.17) is 0 Å². The molecule has 0 amide bonds. The van der Waals surface area contributed by atoms with Gasteiger partial charge in [0.25, 0.3) is 0 Å². The summed E-state index contributed by atoms with van der Waals surface area (Å²) < 4.78 is 24.7. The molecule has 4 nitrogen and oxygen atoms in total. The number of hydrogen-bond acceptors (Lipinski definition) is 4. The Kier molecular flexibility index (Phi) is 3.48. The summed E-state index contributed by atoms with van der Waals surface area (Å²) in [6.07, 6.45) is 3.86. The number of hydrogen-bond donors (Lipinski definition) is 0. The zero-order chi connectivity index (χ0) is 16.2. The molecule has 1 spiro atoms. The zero-order valence-electron chi connectivity index (χ0n) is 12.9. The Morgan fingerprint density at radius 3 is 2.48 bits per heavy atom. The van der Waals surface area contributed by atoms with E-state index in [-0.39, 0.29) is 11.8 Å². The van der Waals surface area contributed by atoms with Crippen LogP contribution >= 0.6 is 0 Å². The molecule has 3 aliphatic rings. The number of fused-ring (bicyclic) bond motifs is 3. The highest BCUT2D eigenvalue weighted by atomic mass is 32.3. The van der Waals surface area contributed by atoms with Crippen molar-refractivity contribution in [3.63, 3.8) is 0 Å².